The van der Waals surface area contributed by atoms with Crippen molar-refractivity contribution >= 4 is 27.8 Å². The molecule has 0 spiro atoms. The summed E-state index contributed by atoms with van der Waals surface area (Å²) in [5, 5.41) is 20.6. The summed E-state index contributed by atoms with van der Waals surface area (Å²) in [5.41, 5.74) is -0.727. The number of aromatic carboxylic acids is 2. The lowest BCUT2D eigenvalue weighted by Crippen LogP contribution is -2.29. The van der Waals surface area contributed by atoms with Gasteiger partial charge in [0.2, 0.25) is 0 Å². The van der Waals surface area contributed by atoms with Crippen LogP contribution in [0.3, 0.4) is 0 Å². The summed E-state index contributed by atoms with van der Waals surface area (Å²) in [6.07, 6.45) is 11.7. The Morgan fingerprint density at radius 3 is 1.11 bits per heavy atom. The summed E-state index contributed by atoms with van der Waals surface area (Å²) in [5.74, 6) is -3.04. The maximum absolute atomic E-state index is 10.3. The number of carboxylic acids is 2. The van der Waals surface area contributed by atoms with Crippen LogP contribution in [0.2, 0.25) is 0 Å². The van der Waals surface area contributed by atoms with E-state index < -0.39 is 11.9 Å². The third kappa shape index (κ3) is 14.1. The molecule has 0 aliphatic rings. The second-order valence-corrected chi connectivity index (χ2v) is 13.4. The Morgan fingerprint density at radius 1 is 0.679 bits per heavy atom. The quantitative estimate of drug-likeness (QED) is 0.530. The summed E-state index contributed by atoms with van der Waals surface area (Å²) in [6.45, 7) is 13.9. The molecule has 0 amide bonds. The molecular formula is C22H40O4P2. The number of hydrogen-bond donors (Lipinski definition) is 0. The zero-order valence-corrected chi connectivity index (χ0v) is 20.6. The molecule has 1 rings (SSSR count). The molecule has 0 saturated carbocycles. The molecule has 0 radical (unpaired) electrons. The Labute approximate surface area is 174 Å². The molecule has 0 N–H and O–H groups in total. The molecular weight excluding hydrogens is 390 g/mol. The summed E-state index contributed by atoms with van der Waals surface area (Å²) < 4.78 is 0. The molecule has 162 valence electrons. The Morgan fingerprint density at radius 2 is 0.964 bits per heavy atom. The molecule has 0 atom stereocenters. The highest BCUT2D eigenvalue weighted by atomic mass is 31.1. The topological polar surface area (TPSA) is 80.3 Å². The van der Waals surface area contributed by atoms with Crippen LogP contribution in [0, 0.1) is 0 Å². The van der Waals surface area contributed by atoms with Crippen molar-refractivity contribution in [1.29, 1.82) is 0 Å². The fourth-order valence-electron chi connectivity index (χ4n) is 2.75. The summed E-state index contributed by atoms with van der Waals surface area (Å²) in [7, 11) is 0.252. The fourth-order valence-corrected chi connectivity index (χ4v) is 6.58. The first-order chi connectivity index (χ1) is 13.3. The van der Waals surface area contributed by atoms with Gasteiger partial charge in [0.25, 0.3) is 0 Å². The lowest BCUT2D eigenvalue weighted by Gasteiger charge is -2.09. The minimum atomic E-state index is -1.52. The highest BCUT2D eigenvalue weighted by Crippen LogP contribution is 2.34. The smallest absolute Gasteiger partial charge is 0.0721 e. The van der Waals surface area contributed by atoms with Crippen LogP contribution in [-0.4, -0.2) is 48.9 Å². The van der Waals surface area contributed by atoms with Crippen molar-refractivity contribution in [2.24, 2.45) is 0 Å². The molecule has 1 aromatic rings. The van der Waals surface area contributed by atoms with Crippen molar-refractivity contribution in [3.05, 3.63) is 35.4 Å². The molecule has 0 fully saturated rings. The van der Waals surface area contributed by atoms with E-state index in [1.165, 1.54) is 61.9 Å². The van der Waals surface area contributed by atoms with Crippen molar-refractivity contribution in [2.45, 2.75) is 54.4 Å². The largest absolute Gasteiger partial charge is 0.545 e. The highest BCUT2D eigenvalue weighted by Gasteiger charge is 2.06. The molecule has 4 nitrogen and oxygen atoms in total. The molecule has 0 aromatic heterocycles. The molecule has 6 heteroatoms. The molecule has 28 heavy (non-hydrogen) atoms. The fraction of sp³-hybridized carbons (Fsp3) is 0.636. The van der Waals surface area contributed by atoms with E-state index in [0.29, 0.717) is 0 Å². The first-order valence-electron chi connectivity index (χ1n) is 10.5. The molecule has 0 unspecified atom stereocenters. The van der Waals surface area contributed by atoms with Crippen molar-refractivity contribution in [1.82, 2.24) is 0 Å². The number of rotatable bonds is 10. The van der Waals surface area contributed by atoms with Crippen molar-refractivity contribution in [3.63, 3.8) is 0 Å². The monoisotopic (exact) mass is 430 g/mol. The van der Waals surface area contributed by atoms with Gasteiger partial charge in [0.15, 0.2) is 0 Å². The molecule has 1 aromatic carbocycles. The van der Waals surface area contributed by atoms with Gasteiger partial charge in [-0.3, -0.25) is 0 Å². The summed E-state index contributed by atoms with van der Waals surface area (Å²) >= 11 is 0. The van der Waals surface area contributed by atoms with E-state index in [2.05, 4.69) is 41.5 Å². The van der Waals surface area contributed by atoms with E-state index in [-0.39, 0.29) is 27.0 Å². The first-order valence-corrected chi connectivity index (χ1v) is 14.8. The molecule has 0 saturated heterocycles. The van der Waals surface area contributed by atoms with Crippen LogP contribution in [0.4, 0.5) is 0 Å². The zero-order chi connectivity index (χ0) is 21.9. The van der Waals surface area contributed by atoms with Gasteiger partial charge >= 0.3 is 0 Å². The van der Waals surface area contributed by atoms with E-state index in [4.69, 9.17) is 0 Å². The lowest BCUT2D eigenvalue weighted by atomic mass is 10.1. The van der Waals surface area contributed by atoms with Crippen LogP contribution in [-0.2, 0) is 0 Å². The van der Waals surface area contributed by atoms with E-state index in [1.54, 1.807) is 0 Å². The van der Waals surface area contributed by atoms with Gasteiger partial charge in [0.05, 0.1) is 48.9 Å². The Hall–Kier alpha value is -0.980. The van der Waals surface area contributed by atoms with Crippen molar-refractivity contribution in [3.8, 4) is 0 Å². The Kier molecular flexibility index (Phi) is 20.2. The zero-order valence-electron chi connectivity index (χ0n) is 18.6. The number of hydrogen-bond acceptors (Lipinski definition) is 4. The maximum atomic E-state index is 10.3. The maximum Gasteiger partial charge on any atom is 0.0721 e. The Balaban J connectivity index is 0. The van der Waals surface area contributed by atoms with Gasteiger partial charge in [-0.2, -0.15) is 0 Å². The Bertz CT molecular complexity index is 480. The van der Waals surface area contributed by atoms with Crippen LogP contribution in [0.25, 0.3) is 0 Å². The molecule has 0 aliphatic carbocycles. The molecule has 0 bridgehead atoms. The van der Waals surface area contributed by atoms with Crippen molar-refractivity contribution in [2.75, 3.05) is 37.0 Å². The number of benzene rings is 1. The first kappa shape index (κ1) is 29.2. The standard InChI is InChI=1S/C8H6O4.2C7H17P/c9-7(10)5-3-1-2-4-6(5)8(11)12;2*1-4-7-8(5-2)6-3/h1-4H,(H,9,10)(H,11,12);2*4-7H2,1-3H3. The third-order valence-corrected chi connectivity index (χ3v) is 11.0. The minimum Gasteiger partial charge on any atom is -0.545 e. The average molecular weight is 431 g/mol. The van der Waals surface area contributed by atoms with E-state index in [9.17, 15) is 19.8 Å². The van der Waals surface area contributed by atoms with Crippen LogP contribution in [0.5, 0.6) is 0 Å². The van der Waals surface area contributed by atoms with E-state index in [1.807, 2.05) is 0 Å². The van der Waals surface area contributed by atoms with Gasteiger partial charge in [-0.15, -0.1) is 0 Å². The van der Waals surface area contributed by atoms with Crippen LogP contribution in [0.1, 0.15) is 75.1 Å². The number of carbonyl (C=O) groups excluding carboxylic acids is 2. The second-order valence-electron chi connectivity index (χ2n) is 6.53. The number of carboxylic acid groups (broad SMARTS) is 2. The SMILES string of the molecule is CCC[PH+](CC)CC.CCC[PH+](CC)CC.O=C([O-])c1ccccc1C(=O)[O-]. The molecule has 0 heterocycles. The van der Waals surface area contributed by atoms with Gasteiger partial charge in [0.1, 0.15) is 0 Å². The van der Waals surface area contributed by atoms with Crippen LogP contribution >= 0.6 is 15.8 Å². The average Bonchev–Trinajstić information content (AvgIpc) is 2.71. The third-order valence-electron chi connectivity index (χ3n) is 4.57. The number of carbonyl (C=O) groups is 2. The van der Waals surface area contributed by atoms with Gasteiger partial charge in [-0.05, 0) is 40.5 Å². The van der Waals surface area contributed by atoms with Crippen LogP contribution in [0.15, 0.2) is 24.3 Å². The van der Waals surface area contributed by atoms with Gasteiger partial charge in [0, 0.05) is 27.0 Å². The van der Waals surface area contributed by atoms with E-state index >= 15 is 0 Å². The second kappa shape index (κ2) is 19.3. The van der Waals surface area contributed by atoms with E-state index in [0.717, 1.165) is 12.1 Å². The van der Waals surface area contributed by atoms with Crippen molar-refractivity contribution < 1.29 is 19.8 Å². The van der Waals surface area contributed by atoms with Gasteiger partial charge in [-0.1, -0.05) is 38.1 Å². The predicted molar refractivity (Wildman–Crippen MR) is 124 cm³/mol. The minimum absolute atomic E-state index is 0.126. The summed E-state index contributed by atoms with van der Waals surface area (Å²) in [6, 6.07) is 5.14. The highest BCUT2D eigenvalue weighted by molar-refractivity contribution is 7.57. The lowest BCUT2D eigenvalue weighted by molar-refractivity contribution is -0.259. The summed E-state index contributed by atoms with van der Waals surface area (Å²) in [4.78, 5) is 20.6. The van der Waals surface area contributed by atoms with Gasteiger partial charge in [-0.25, -0.2) is 0 Å². The van der Waals surface area contributed by atoms with Crippen LogP contribution < -0.4 is 10.2 Å². The normalized spacial score (nSPS) is 10.0. The predicted octanol–water partition coefficient (Wildman–Crippen LogP) is 3.71. The van der Waals surface area contributed by atoms with Gasteiger partial charge < -0.3 is 19.8 Å². The molecule has 0 aliphatic heterocycles.